The zero-order chi connectivity index (χ0) is 19.7. The summed E-state index contributed by atoms with van der Waals surface area (Å²) in [5.41, 5.74) is 8.57. The number of esters is 1. The van der Waals surface area contributed by atoms with Gasteiger partial charge in [-0.25, -0.2) is 24.6 Å². The van der Waals surface area contributed by atoms with Gasteiger partial charge in [0, 0.05) is 30.7 Å². The Hall–Kier alpha value is -2.58. The Labute approximate surface area is 163 Å². The van der Waals surface area contributed by atoms with Crippen LogP contribution in [0.2, 0.25) is 0 Å². The average Bonchev–Trinajstić information content (AvgIpc) is 3.11. The number of benzene rings is 1. The molecule has 2 N–H and O–H groups in total. The second-order valence-corrected chi connectivity index (χ2v) is 7.24. The molecule has 0 saturated carbocycles. The van der Waals surface area contributed by atoms with Crippen LogP contribution in [0.3, 0.4) is 0 Å². The summed E-state index contributed by atoms with van der Waals surface area (Å²) in [6, 6.07) is 8.62. The number of nitrogens with zero attached hydrogens (tertiary/aromatic N) is 3. The molecule has 2 fully saturated rings. The first-order valence-corrected chi connectivity index (χ1v) is 9.59. The summed E-state index contributed by atoms with van der Waals surface area (Å²) in [6.07, 6.45) is 0.898. The molecule has 2 aromatic rings. The minimum atomic E-state index is -0.439. The molecule has 0 radical (unpaired) electrons. The number of ether oxygens (including phenoxy) is 1. The summed E-state index contributed by atoms with van der Waals surface area (Å²) in [4.78, 5) is 23.2. The van der Waals surface area contributed by atoms with Crippen molar-refractivity contribution in [3.8, 4) is 0 Å². The Morgan fingerprint density at radius 3 is 2.96 bits per heavy atom. The smallest absolute Gasteiger partial charge is 0.357 e. The molecule has 28 heavy (non-hydrogen) atoms. The minimum absolute atomic E-state index is 0.00200. The van der Waals surface area contributed by atoms with E-state index in [0.717, 1.165) is 24.2 Å². The number of hydrogen-bond donors (Lipinski definition) is 2. The monoisotopic (exact) mass is 385 g/mol. The first-order valence-electron chi connectivity index (χ1n) is 9.59. The molecule has 148 valence electrons. The van der Waals surface area contributed by atoms with Crippen LogP contribution in [0, 0.1) is 18.7 Å². The third-order valence-electron chi connectivity index (χ3n) is 5.33. The number of rotatable bonds is 4. The summed E-state index contributed by atoms with van der Waals surface area (Å²) in [7, 11) is 0. The van der Waals surface area contributed by atoms with E-state index in [1.54, 1.807) is 25.1 Å². The second-order valence-electron chi connectivity index (χ2n) is 7.24. The fourth-order valence-corrected chi connectivity index (χ4v) is 4.02. The van der Waals surface area contributed by atoms with E-state index in [9.17, 15) is 9.18 Å². The summed E-state index contributed by atoms with van der Waals surface area (Å²) in [5, 5.41) is 0. The van der Waals surface area contributed by atoms with Crippen molar-refractivity contribution in [3.05, 3.63) is 53.1 Å². The topological polar surface area (TPSA) is 79.4 Å². The fraction of sp³-hybridized carbons (Fsp3) is 0.450. The zero-order valence-corrected chi connectivity index (χ0v) is 16.0. The maximum Gasteiger partial charge on any atom is 0.357 e. The minimum Gasteiger partial charge on any atom is -0.461 e. The van der Waals surface area contributed by atoms with Gasteiger partial charge in [0.05, 0.1) is 12.6 Å². The first kappa shape index (κ1) is 18.8. The van der Waals surface area contributed by atoms with E-state index in [1.165, 1.54) is 6.07 Å². The largest absolute Gasteiger partial charge is 0.461 e. The number of piperidine rings is 1. The molecule has 0 spiro atoms. The van der Waals surface area contributed by atoms with Crippen LogP contribution in [0.25, 0.3) is 0 Å². The SMILES string of the molecule is CCOC(=O)c1cc(C)nc(N2CCC3NNC(c4cccc(F)c4)C3C2)n1. The lowest BCUT2D eigenvalue weighted by Gasteiger charge is -2.36. The molecule has 3 unspecified atom stereocenters. The van der Waals surface area contributed by atoms with Gasteiger partial charge in [0.2, 0.25) is 5.95 Å². The van der Waals surface area contributed by atoms with Crippen molar-refractivity contribution < 1.29 is 13.9 Å². The van der Waals surface area contributed by atoms with Crippen molar-refractivity contribution >= 4 is 11.9 Å². The molecular weight excluding hydrogens is 361 g/mol. The van der Waals surface area contributed by atoms with Gasteiger partial charge in [-0.15, -0.1) is 0 Å². The molecular formula is C20H24FN5O2. The number of carbonyl (C=O) groups excluding carboxylic acids is 1. The second kappa shape index (κ2) is 7.81. The Kier molecular flexibility index (Phi) is 5.23. The third-order valence-corrected chi connectivity index (χ3v) is 5.33. The Morgan fingerprint density at radius 1 is 1.32 bits per heavy atom. The molecule has 0 bridgehead atoms. The van der Waals surface area contributed by atoms with E-state index in [-0.39, 0.29) is 23.5 Å². The van der Waals surface area contributed by atoms with Gasteiger partial charge in [-0.05, 0) is 44.0 Å². The quantitative estimate of drug-likeness (QED) is 0.781. The van der Waals surface area contributed by atoms with Gasteiger partial charge < -0.3 is 9.64 Å². The summed E-state index contributed by atoms with van der Waals surface area (Å²) < 4.78 is 18.8. The van der Waals surface area contributed by atoms with Crippen LogP contribution >= 0.6 is 0 Å². The van der Waals surface area contributed by atoms with Crippen LogP contribution in [0.5, 0.6) is 0 Å². The van der Waals surface area contributed by atoms with Crippen LogP contribution in [0.4, 0.5) is 10.3 Å². The number of aryl methyl sites for hydroxylation is 1. The van der Waals surface area contributed by atoms with E-state index >= 15 is 0 Å². The number of carbonyl (C=O) groups is 1. The van der Waals surface area contributed by atoms with Crippen molar-refractivity contribution in [2.75, 3.05) is 24.6 Å². The lowest BCUT2D eigenvalue weighted by Crippen LogP contribution is -2.46. The van der Waals surface area contributed by atoms with E-state index in [2.05, 4.69) is 25.7 Å². The van der Waals surface area contributed by atoms with E-state index < -0.39 is 5.97 Å². The van der Waals surface area contributed by atoms with E-state index in [0.29, 0.717) is 25.1 Å². The van der Waals surface area contributed by atoms with Crippen LogP contribution < -0.4 is 15.8 Å². The number of halogens is 1. The van der Waals surface area contributed by atoms with Crippen molar-refractivity contribution in [1.82, 2.24) is 20.8 Å². The molecule has 3 atom stereocenters. The highest BCUT2D eigenvalue weighted by Crippen LogP contribution is 2.34. The van der Waals surface area contributed by atoms with E-state index in [4.69, 9.17) is 4.74 Å². The molecule has 0 aliphatic carbocycles. The molecule has 1 aromatic carbocycles. The Morgan fingerprint density at radius 2 is 2.18 bits per heavy atom. The maximum absolute atomic E-state index is 13.7. The van der Waals surface area contributed by atoms with Crippen molar-refractivity contribution in [2.45, 2.75) is 32.4 Å². The van der Waals surface area contributed by atoms with Gasteiger partial charge in [0.25, 0.3) is 0 Å². The van der Waals surface area contributed by atoms with Crippen molar-refractivity contribution in [1.29, 1.82) is 0 Å². The standard InChI is InChI=1S/C20H24FN5O2/c1-3-28-19(27)17-9-12(2)22-20(23-17)26-8-7-16-15(11-26)18(25-24-16)13-5-4-6-14(21)10-13/h4-6,9-10,15-16,18,24-25H,3,7-8,11H2,1-2H3. The third kappa shape index (κ3) is 3.70. The van der Waals surface area contributed by atoms with Gasteiger partial charge >= 0.3 is 5.97 Å². The van der Waals surface area contributed by atoms with Crippen molar-refractivity contribution in [2.24, 2.45) is 5.92 Å². The average molecular weight is 385 g/mol. The molecule has 2 aliphatic rings. The van der Waals surface area contributed by atoms with Crippen molar-refractivity contribution in [3.63, 3.8) is 0 Å². The fourth-order valence-electron chi connectivity index (χ4n) is 4.02. The first-order chi connectivity index (χ1) is 13.5. The van der Waals surface area contributed by atoms with Crippen LogP contribution in [-0.2, 0) is 4.74 Å². The lowest BCUT2D eigenvalue weighted by molar-refractivity contribution is 0.0519. The number of nitrogens with one attached hydrogen (secondary N) is 2. The predicted molar refractivity (Wildman–Crippen MR) is 102 cm³/mol. The van der Waals surface area contributed by atoms with Crippen LogP contribution in [0.15, 0.2) is 30.3 Å². The summed E-state index contributed by atoms with van der Waals surface area (Å²) >= 11 is 0. The number of hydrogen-bond acceptors (Lipinski definition) is 7. The normalized spacial score (nSPS) is 24.1. The Balaban J connectivity index is 1.57. The number of anilines is 1. The predicted octanol–water partition coefficient (Wildman–Crippen LogP) is 2.14. The molecule has 8 heteroatoms. The highest BCUT2D eigenvalue weighted by molar-refractivity contribution is 5.87. The van der Waals surface area contributed by atoms with Gasteiger partial charge in [0.15, 0.2) is 5.69 Å². The molecule has 0 amide bonds. The molecule has 7 nitrogen and oxygen atoms in total. The molecule has 3 heterocycles. The number of fused-ring (bicyclic) bond motifs is 1. The highest BCUT2D eigenvalue weighted by Gasteiger charge is 2.41. The highest BCUT2D eigenvalue weighted by atomic mass is 19.1. The van der Waals surface area contributed by atoms with Crippen LogP contribution in [0.1, 0.15) is 41.1 Å². The van der Waals surface area contributed by atoms with Gasteiger partial charge in [0.1, 0.15) is 5.82 Å². The molecule has 4 rings (SSSR count). The molecule has 1 aromatic heterocycles. The van der Waals surface area contributed by atoms with Gasteiger partial charge in [-0.2, -0.15) is 0 Å². The lowest BCUT2D eigenvalue weighted by atomic mass is 9.85. The summed E-state index contributed by atoms with van der Waals surface area (Å²) in [5.74, 6) is 0.0829. The van der Waals surface area contributed by atoms with Crippen LogP contribution in [-0.4, -0.2) is 41.7 Å². The maximum atomic E-state index is 13.7. The Bertz CT molecular complexity index is 877. The molecule has 2 saturated heterocycles. The summed E-state index contributed by atoms with van der Waals surface area (Å²) in [6.45, 7) is 5.39. The van der Waals surface area contributed by atoms with Gasteiger partial charge in [-0.3, -0.25) is 5.43 Å². The van der Waals surface area contributed by atoms with Gasteiger partial charge in [-0.1, -0.05) is 12.1 Å². The number of hydrazine groups is 1. The zero-order valence-electron chi connectivity index (χ0n) is 16.0. The number of aromatic nitrogens is 2. The van der Waals surface area contributed by atoms with E-state index in [1.807, 2.05) is 13.0 Å². The molecule has 2 aliphatic heterocycles.